The Balaban J connectivity index is 2.73. The van der Waals surface area contributed by atoms with Gasteiger partial charge < -0.3 is 19.8 Å². The molecule has 17 heavy (non-hydrogen) atoms. The second-order valence-electron chi connectivity index (χ2n) is 3.04. The van der Waals surface area contributed by atoms with Crippen molar-refractivity contribution in [3.05, 3.63) is 28.2 Å². The molecule has 0 aromatic carbocycles. The molecule has 0 saturated carbocycles. The molecule has 0 aliphatic heterocycles. The highest BCUT2D eigenvalue weighted by Crippen LogP contribution is 2.00. The van der Waals surface area contributed by atoms with Crippen LogP contribution in [0.5, 0.6) is 5.75 Å². The largest absolute Gasteiger partial charge is 0.491 e. The van der Waals surface area contributed by atoms with Gasteiger partial charge in [0.15, 0.2) is 5.75 Å². The number of hydrogen-bond donors (Lipinski definition) is 2. The number of amides is 1. The molecule has 0 aliphatic rings. The first-order valence-corrected chi connectivity index (χ1v) is 4.70. The summed E-state index contributed by atoms with van der Waals surface area (Å²) < 4.78 is 9.10. The maximum Gasteiger partial charge on any atom is 0.325 e. The molecule has 1 amide bonds. The minimum atomic E-state index is -0.575. The molecule has 0 bridgehead atoms. The van der Waals surface area contributed by atoms with Crippen LogP contribution in [0.15, 0.2) is 17.1 Å². The smallest absolute Gasteiger partial charge is 0.325 e. The fourth-order valence-electron chi connectivity index (χ4n) is 1.07. The fourth-order valence-corrected chi connectivity index (χ4v) is 1.07. The molecule has 0 aliphatic carbocycles. The number of hydrogen-bond acceptors (Lipinski definition) is 5. The summed E-state index contributed by atoms with van der Waals surface area (Å²) in [5.74, 6) is -1.04. The predicted molar refractivity (Wildman–Crippen MR) is 58.0 cm³/mol. The van der Waals surface area contributed by atoms with Crippen molar-refractivity contribution in [1.29, 1.82) is 0 Å². The number of aromatic amines is 1. The van der Waals surface area contributed by atoms with Crippen molar-refractivity contribution < 1.29 is 19.1 Å². The van der Waals surface area contributed by atoms with E-state index in [1.54, 1.807) is 0 Å². The standard InChI is InChI=1S/C10H12N2O5/c1-16-8-4-11-6(3-7(8)13)10(15)12-5-9(14)17-2/h3-4H,5H2,1-2H3,(H,11,13)(H,12,15). The molecular weight excluding hydrogens is 228 g/mol. The van der Waals surface area contributed by atoms with E-state index in [1.165, 1.54) is 20.4 Å². The van der Waals surface area contributed by atoms with Gasteiger partial charge in [0.1, 0.15) is 12.2 Å². The molecule has 1 aromatic rings. The van der Waals surface area contributed by atoms with E-state index in [0.29, 0.717) is 0 Å². The third-order valence-electron chi connectivity index (χ3n) is 1.96. The average molecular weight is 240 g/mol. The zero-order valence-corrected chi connectivity index (χ0v) is 9.40. The molecule has 0 saturated heterocycles. The molecule has 0 atom stereocenters. The summed E-state index contributed by atoms with van der Waals surface area (Å²) in [7, 11) is 2.56. The van der Waals surface area contributed by atoms with Gasteiger partial charge in [-0.05, 0) is 0 Å². The summed E-state index contributed by atoms with van der Waals surface area (Å²) in [5, 5.41) is 2.29. The van der Waals surface area contributed by atoms with Crippen LogP contribution in [-0.4, -0.2) is 37.6 Å². The lowest BCUT2D eigenvalue weighted by Crippen LogP contribution is -2.31. The van der Waals surface area contributed by atoms with E-state index in [-0.39, 0.29) is 18.0 Å². The highest BCUT2D eigenvalue weighted by Gasteiger charge is 2.10. The van der Waals surface area contributed by atoms with E-state index in [9.17, 15) is 14.4 Å². The Morgan fingerprint density at radius 1 is 1.41 bits per heavy atom. The van der Waals surface area contributed by atoms with Gasteiger partial charge in [-0.1, -0.05) is 0 Å². The number of methoxy groups -OCH3 is 2. The van der Waals surface area contributed by atoms with Crippen LogP contribution in [0, 0.1) is 0 Å². The first-order valence-electron chi connectivity index (χ1n) is 4.70. The normalized spacial score (nSPS) is 9.53. The fraction of sp³-hybridized carbons (Fsp3) is 0.300. The molecule has 1 heterocycles. The second kappa shape index (κ2) is 5.69. The van der Waals surface area contributed by atoms with E-state index in [0.717, 1.165) is 6.07 Å². The van der Waals surface area contributed by atoms with Crippen LogP contribution in [-0.2, 0) is 9.53 Å². The Morgan fingerprint density at radius 3 is 2.65 bits per heavy atom. The van der Waals surface area contributed by atoms with E-state index in [1.807, 2.05) is 0 Å². The van der Waals surface area contributed by atoms with E-state index < -0.39 is 17.3 Å². The van der Waals surface area contributed by atoms with Crippen LogP contribution in [0.2, 0.25) is 0 Å². The van der Waals surface area contributed by atoms with Crippen LogP contribution in [0.25, 0.3) is 0 Å². The maximum atomic E-state index is 11.5. The zero-order valence-electron chi connectivity index (χ0n) is 9.40. The first kappa shape index (κ1) is 12.8. The van der Waals surface area contributed by atoms with Gasteiger partial charge in [-0.15, -0.1) is 0 Å². The van der Waals surface area contributed by atoms with Crippen molar-refractivity contribution in [2.75, 3.05) is 20.8 Å². The Bertz CT molecular complexity index is 480. The molecule has 0 fully saturated rings. The molecule has 7 nitrogen and oxygen atoms in total. The molecule has 0 radical (unpaired) electrons. The van der Waals surface area contributed by atoms with Crippen LogP contribution in [0.1, 0.15) is 10.5 Å². The Morgan fingerprint density at radius 2 is 2.12 bits per heavy atom. The van der Waals surface area contributed by atoms with Crippen molar-refractivity contribution in [1.82, 2.24) is 10.3 Å². The number of esters is 1. The highest BCUT2D eigenvalue weighted by molar-refractivity contribution is 5.94. The number of H-pyrrole nitrogens is 1. The predicted octanol–water partition coefficient (Wildman–Crippen LogP) is -0.714. The molecule has 2 N–H and O–H groups in total. The molecule has 92 valence electrons. The van der Waals surface area contributed by atoms with Gasteiger partial charge in [0.2, 0.25) is 5.43 Å². The highest BCUT2D eigenvalue weighted by atomic mass is 16.5. The molecule has 7 heteroatoms. The number of nitrogens with one attached hydrogen (secondary N) is 2. The quantitative estimate of drug-likeness (QED) is 0.677. The van der Waals surface area contributed by atoms with Gasteiger partial charge >= 0.3 is 5.97 Å². The third kappa shape index (κ3) is 3.33. The average Bonchev–Trinajstić information content (AvgIpc) is 2.35. The SMILES string of the molecule is COC(=O)CNC(=O)c1cc(=O)c(OC)c[nH]1. The third-order valence-corrected chi connectivity index (χ3v) is 1.96. The van der Waals surface area contributed by atoms with E-state index >= 15 is 0 Å². The molecule has 1 rings (SSSR count). The van der Waals surface area contributed by atoms with Gasteiger partial charge in [0, 0.05) is 12.3 Å². The summed E-state index contributed by atoms with van der Waals surface area (Å²) in [6.45, 7) is -0.261. The van der Waals surface area contributed by atoms with Crippen molar-refractivity contribution in [2.24, 2.45) is 0 Å². The topological polar surface area (TPSA) is 97.5 Å². The first-order chi connectivity index (χ1) is 8.08. The monoisotopic (exact) mass is 240 g/mol. The van der Waals surface area contributed by atoms with Crippen molar-refractivity contribution in [2.45, 2.75) is 0 Å². The van der Waals surface area contributed by atoms with Gasteiger partial charge in [0.05, 0.1) is 14.2 Å². The maximum absolute atomic E-state index is 11.5. The lowest BCUT2D eigenvalue weighted by atomic mass is 10.3. The Labute approximate surface area is 96.7 Å². The Kier molecular flexibility index (Phi) is 4.27. The second-order valence-corrected chi connectivity index (χ2v) is 3.04. The summed E-state index contributed by atoms with van der Waals surface area (Å²) in [6.07, 6.45) is 1.27. The van der Waals surface area contributed by atoms with Crippen LogP contribution >= 0.6 is 0 Å². The summed E-state index contributed by atoms with van der Waals surface area (Å²) >= 11 is 0. The molecule has 1 aromatic heterocycles. The van der Waals surface area contributed by atoms with Crippen molar-refractivity contribution >= 4 is 11.9 Å². The van der Waals surface area contributed by atoms with Crippen LogP contribution < -0.4 is 15.5 Å². The van der Waals surface area contributed by atoms with Gasteiger partial charge in [-0.3, -0.25) is 14.4 Å². The minimum absolute atomic E-state index is 0.0414. The molecular formula is C10H12N2O5. The number of pyridine rings is 1. The van der Waals surface area contributed by atoms with E-state index in [2.05, 4.69) is 15.0 Å². The minimum Gasteiger partial charge on any atom is -0.491 e. The zero-order chi connectivity index (χ0) is 12.8. The summed E-state index contributed by atoms with van der Waals surface area (Å²) in [5.41, 5.74) is -0.380. The van der Waals surface area contributed by atoms with Gasteiger partial charge in [-0.25, -0.2) is 0 Å². The van der Waals surface area contributed by atoms with Crippen molar-refractivity contribution in [3.8, 4) is 5.75 Å². The molecule has 0 unspecified atom stereocenters. The van der Waals surface area contributed by atoms with Crippen molar-refractivity contribution in [3.63, 3.8) is 0 Å². The number of carbonyl (C=O) groups excluding carboxylic acids is 2. The number of rotatable bonds is 4. The Hall–Kier alpha value is -2.31. The molecule has 0 spiro atoms. The van der Waals surface area contributed by atoms with Gasteiger partial charge in [0.25, 0.3) is 5.91 Å². The number of carbonyl (C=O) groups is 2. The van der Waals surface area contributed by atoms with Crippen LogP contribution in [0.4, 0.5) is 0 Å². The number of ether oxygens (including phenoxy) is 2. The summed E-state index contributed by atoms with van der Waals surface area (Å²) in [4.78, 5) is 36.2. The number of aromatic nitrogens is 1. The summed E-state index contributed by atoms with van der Waals surface area (Å²) in [6, 6.07) is 1.09. The lowest BCUT2D eigenvalue weighted by Gasteiger charge is -2.04. The van der Waals surface area contributed by atoms with Gasteiger partial charge in [-0.2, -0.15) is 0 Å². The van der Waals surface area contributed by atoms with Crippen LogP contribution in [0.3, 0.4) is 0 Å². The lowest BCUT2D eigenvalue weighted by molar-refractivity contribution is -0.139. The van der Waals surface area contributed by atoms with E-state index in [4.69, 9.17) is 4.74 Å².